The second-order valence-corrected chi connectivity index (χ2v) is 7.98. The maximum atomic E-state index is 13.1. The molecule has 1 N–H and O–H groups in total. The van der Waals surface area contributed by atoms with Crippen molar-refractivity contribution in [1.29, 1.82) is 0 Å². The first-order valence-electron chi connectivity index (χ1n) is 10.2. The van der Waals surface area contributed by atoms with E-state index in [9.17, 15) is 4.79 Å². The summed E-state index contributed by atoms with van der Waals surface area (Å²) >= 11 is 5.90. The highest BCUT2D eigenvalue weighted by atomic mass is 35.5. The Hall–Kier alpha value is -3.37. The van der Waals surface area contributed by atoms with Crippen molar-refractivity contribution in [3.8, 4) is 0 Å². The van der Waals surface area contributed by atoms with Gasteiger partial charge in [-0.1, -0.05) is 61.2 Å². The molecule has 0 spiro atoms. The van der Waals surface area contributed by atoms with Crippen molar-refractivity contribution < 1.29 is 4.79 Å². The van der Waals surface area contributed by atoms with Gasteiger partial charge in [0.25, 0.3) is 0 Å². The number of hydrogen-bond donors (Lipinski definition) is 1. The third-order valence-electron chi connectivity index (χ3n) is 5.51. The highest BCUT2D eigenvalue weighted by molar-refractivity contribution is 6.31. The number of nitrogens with one attached hydrogen (secondary N) is 1. The van der Waals surface area contributed by atoms with Gasteiger partial charge >= 0.3 is 0 Å². The van der Waals surface area contributed by atoms with Gasteiger partial charge in [0.15, 0.2) is 5.78 Å². The normalized spacial score (nSPS) is 12.7. The molecule has 2 aromatic carbocycles. The number of carbonyl (C=O) groups excluding carboxylic acids is 1. The number of pyridine rings is 1. The predicted molar refractivity (Wildman–Crippen MR) is 128 cm³/mol. The Morgan fingerprint density at radius 1 is 1.03 bits per heavy atom. The number of likely N-dealkylation sites (tertiary alicyclic amines) is 1. The fraction of sp³-hybridized carbons (Fsp3) is 0.154. The van der Waals surface area contributed by atoms with E-state index >= 15 is 0 Å². The summed E-state index contributed by atoms with van der Waals surface area (Å²) in [5.41, 5.74) is 5.57. The number of nitrogens with zero attached hydrogens (tertiary/aromatic N) is 2. The van der Waals surface area contributed by atoms with E-state index in [0.29, 0.717) is 28.4 Å². The quantitative estimate of drug-likeness (QED) is 0.356. The molecule has 0 unspecified atom stereocenters. The highest BCUT2D eigenvalue weighted by Gasteiger charge is 2.18. The SMILES string of the molecule is C=C(C(=O)c1ccccc1CNc1ccc(C(=C)N2CCC2)cc1)c1ccc(Cl)cn1. The minimum atomic E-state index is -0.145. The molecule has 4 rings (SSSR count). The zero-order valence-electron chi connectivity index (χ0n) is 17.3. The number of allylic oxidation sites excluding steroid dienone is 1. The van der Waals surface area contributed by atoms with Crippen molar-refractivity contribution in [1.82, 2.24) is 9.88 Å². The smallest absolute Gasteiger partial charge is 0.194 e. The molecule has 0 bridgehead atoms. The number of rotatable bonds is 8. The molecule has 1 saturated heterocycles. The summed E-state index contributed by atoms with van der Waals surface area (Å²) < 4.78 is 0. The van der Waals surface area contributed by atoms with Gasteiger partial charge in [-0.2, -0.15) is 0 Å². The predicted octanol–water partition coefficient (Wildman–Crippen LogP) is 5.92. The summed E-state index contributed by atoms with van der Waals surface area (Å²) in [7, 11) is 0. The van der Waals surface area contributed by atoms with E-state index in [2.05, 4.69) is 40.5 Å². The molecular weight excluding hydrogens is 406 g/mol. The van der Waals surface area contributed by atoms with Crippen LogP contribution in [0.25, 0.3) is 11.3 Å². The van der Waals surface area contributed by atoms with Gasteiger partial charge in [-0.15, -0.1) is 0 Å². The van der Waals surface area contributed by atoms with Crippen LogP contribution < -0.4 is 5.32 Å². The van der Waals surface area contributed by atoms with Crippen LogP contribution in [0.5, 0.6) is 0 Å². The fourth-order valence-corrected chi connectivity index (χ4v) is 3.59. The summed E-state index contributed by atoms with van der Waals surface area (Å²) in [6.07, 6.45) is 2.75. The molecule has 0 aliphatic carbocycles. The van der Waals surface area contributed by atoms with E-state index < -0.39 is 0 Å². The number of anilines is 1. The molecule has 1 aliphatic heterocycles. The van der Waals surface area contributed by atoms with Crippen LogP contribution in [-0.2, 0) is 6.54 Å². The van der Waals surface area contributed by atoms with Gasteiger partial charge < -0.3 is 10.2 Å². The van der Waals surface area contributed by atoms with Gasteiger partial charge in [0.1, 0.15) is 0 Å². The van der Waals surface area contributed by atoms with Crippen LogP contribution in [-0.4, -0.2) is 28.8 Å². The lowest BCUT2D eigenvalue weighted by Crippen LogP contribution is -2.34. The van der Waals surface area contributed by atoms with Crippen molar-refractivity contribution in [2.75, 3.05) is 18.4 Å². The molecule has 4 nitrogen and oxygen atoms in total. The highest BCUT2D eigenvalue weighted by Crippen LogP contribution is 2.25. The third kappa shape index (κ3) is 4.70. The van der Waals surface area contributed by atoms with E-state index in [0.717, 1.165) is 35.6 Å². The van der Waals surface area contributed by atoms with Crippen LogP contribution in [0.1, 0.15) is 33.6 Å². The summed E-state index contributed by atoms with van der Waals surface area (Å²) in [6.45, 7) is 10.8. The number of Topliss-reactive ketones (excluding diaryl/α,β-unsaturated/α-hetero) is 1. The van der Waals surface area contributed by atoms with Gasteiger partial charge in [-0.3, -0.25) is 9.78 Å². The van der Waals surface area contributed by atoms with Crippen molar-refractivity contribution >= 4 is 34.3 Å². The third-order valence-corrected chi connectivity index (χ3v) is 5.74. The first-order chi connectivity index (χ1) is 15.0. The second-order valence-electron chi connectivity index (χ2n) is 7.54. The van der Waals surface area contributed by atoms with E-state index in [4.69, 9.17) is 11.6 Å². The molecular formula is C26H24ClN3O. The largest absolute Gasteiger partial charge is 0.381 e. The first-order valence-corrected chi connectivity index (χ1v) is 10.6. The Morgan fingerprint density at radius 3 is 2.42 bits per heavy atom. The summed E-state index contributed by atoms with van der Waals surface area (Å²) in [6, 6.07) is 19.2. The molecule has 3 aromatic rings. The second kappa shape index (κ2) is 9.19. The fourth-order valence-electron chi connectivity index (χ4n) is 3.48. The zero-order chi connectivity index (χ0) is 21.8. The zero-order valence-corrected chi connectivity index (χ0v) is 18.0. The molecule has 1 aromatic heterocycles. The maximum Gasteiger partial charge on any atom is 0.194 e. The number of carbonyl (C=O) groups is 1. The standard InChI is InChI=1S/C26H24ClN3O/c1-18(25-13-10-22(27)17-29-25)26(31)24-7-4-3-6-21(24)16-28-23-11-8-20(9-12-23)19(2)30-14-5-15-30/h3-4,6-13,17,28H,1-2,5,14-16H2. The summed E-state index contributed by atoms with van der Waals surface area (Å²) in [5, 5.41) is 3.93. The van der Waals surface area contributed by atoms with Gasteiger partial charge in [0.05, 0.1) is 10.7 Å². The average molecular weight is 430 g/mol. The van der Waals surface area contributed by atoms with Crippen molar-refractivity contribution in [2.24, 2.45) is 0 Å². The molecule has 2 heterocycles. The van der Waals surface area contributed by atoms with Crippen molar-refractivity contribution in [3.63, 3.8) is 0 Å². The van der Waals surface area contributed by atoms with E-state index in [1.807, 2.05) is 36.4 Å². The minimum Gasteiger partial charge on any atom is -0.381 e. The molecule has 0 amide bonds. The lowest BCUT2D eigenvalue weighted by atomic mass is 9.97. The monoisotopic (exact) mass is 429 g/mol. The molecule has 0 radical (unpaired) electrons. The number of aromatic nitrogens is 1. The van der Waals surface area contributed by atoms with Crippen LogP contribution >= 0.6 is 11.6 Å². The van der Waals surface area contributed by atoms with Gasteiger partial charge in [-0.25, -0.2) is 0 Å². The van der Waals surface area contributed by atoms with E-state index in [1.165, 1.54) is 12.6 Å². The van der Waals surface area contributed by atoms with Gasteiger partial charge in [0.2, 0.25) is 0 Å². The Morgan fingerprint density at radius 2 is 1.77 bits per heavy atom. The Labute approximate surface area is 187 Å². The molecule has 1 aliphatic rings. The molecule has 0 atom stereocenters. The molecule has 31 heavy (non-hydrogen) atoms. The average Bonchev–Trinajstić information content (AvgIpc) is 2.76. The van der Waals surface area contributed by atoms with Crippen LogP contribution in [0.15, 0.2) is 80.0 Å². The number of benzene rings is 2. The number of halogens is 1. The Bertz CT molecular complexity index is 1120. The van der Waals surface area contributed by atoms with Crippen LogP contribution in [0, 0.1) is 0 Å². The van der Waals surface area contributed by atoms with Gasteiger partial charge in [0, 0.05) is 48.4 Å². The topological polar surface area (TPSA) is 45.2 Å². The van der Waals surface area contributed by atoms with E-state index in [-0.39, 0.29) is 5.78 Å². The molecule has 5 heteroatoms. The van der Waals surface area contributed by atoms with Crippen LogP contribution in [0.2, 0.25) is 5.02 Å². The first kappa shape index (κ1) is 20.9. The van der Waals surface area contributed by atoms with Crippen LogP contribution in [0.4, 0.5) is 5.69 Å². The van der Waals surface area contributed by atoms with Gasteiger partial charge in [-0.05, 0) is 41.8 Å². The van der Waals surface area contributed by atoms with E-state index in [1.54, 1.807) is 12.1 Å². The maximum absolute atomic E-state index is 13.1. The lowest BCUT2D eigenvalue weighted by molar-refractivity contribution is 0.105. The number of hydrogen-bond acceptors (Lipinski definition) is 4. The number of ketones is 1. The lowest BCUT2D eigenvalue weighted by Gasteiger charge is -2.34. The molecule has 0 saturated carbocycles. The van der Waals surface area contributed by atoms with Crippen molar-refractivity contribution in [3.05, 3.63) is 107 Å². The summed E-state index contributed by atoms with van der Waals surface area (Å²) in [4.78, 5) is 19.6. The van der Waals surface area contributed by atoms with Crippen molar-refractivity contribution in [2.45, 2.75) is 13.0 Å². The Balaban J connectivity index is 1.45. The van der Waals surface area contributed by atoms with Crippen LogP contribution in [0.3, 0.4) is 0 Å². The molecule has 1 fully saturated rings. The molecule has 156 valence electrons. The summed E-state index contributed by atoms with van der Waals surface area (Å²) in [5.74, 6) is -0.145. The minimum absolute atomic E-state index is 0.145. The Kier molecular flexibility index (Phi) is 6.19.